The van der Waals surface area contributed by atoms with E-state index in [1.54, 1.807) is 0 Å². The summed E-state index contributed by atoms with van der Waals surface area (Å²) >= 11 is 0. The third-order valence-electron chi connectivity index (χ3n) is 2.88. The molecular formula is C9H17N3O2. The summed E-state index contributed by atoms with van der Waals surface area (Å²) in [5, 5.41) is 7.20. The van der Waals surface area contributed by atoms with Gasteiger partial charge in [0, 0.05) is 19.1 Å². The fourth-order valence-corrected chi connectivity index (χ4v) is 2.01. The molecular weight excluding hydrogens is 182 g/mol. The topological polar surface area (TPSA) is 44.8 Å². The standard InChI is InChI=1S/C9H17N3O2/c1-10-8-2-3-11(6-8)12-4-5-14-7-9(12)13/h8,10H,2-7H2,1H3. The van der Waals surface area contributed by atoms with Crippen LogP contribution in [0.2, 0.25) is 0 Å². The number of amides is 1. The molecule has 5 heteroatoms. The summed E-state index contributed by atoms with van der Waals surface area (Å²) in [5.41, 5.74) is 0. The molecule has 2 heterocycles. The second-order valence-electron chi connectivity index (χ2n) is 3.76. The smallest absolute Gasteiger partial charge is 0.262 e. The van der Waals surface area contributed by atoms with Gasteiger partial charge in [0.15, 0.2) is 0 Å². The van der Waals surface area contributed by atoms with E-state index in [9.17, 15) is 4.79 Å². The van der Waals surface area contributed by atoms with E-state index in [4.69, 9.17) is 4.74 Å². The Morgan fingerprint density at radius 3 is 3.00 bits per heavy atom. The molecule has 1 atom stereocenters. The summed E-state index contributed by atoms with van der Waals surface area (Å²) in [5.74, 6) is 0.0907. The summed E-state index contributed by atoms with van der Waals surface area (Å²) in [6.45, 7) is 3.50. The lowest BCUT2D eigenvalue weighted by atomic mass is 10.3. The van der Waals surface area contributed by atoms with Gasteiger partial charge in [0.2, 0.25) is 0 Å². The van der Waals surface area contributed by atoms with Crippen molar-refractivity contribution in [2.24, 2.45) is 0 Å². The van der Waals surface area contributed by atoms with Crippen LogP contribution in [0.1, 0.15) is 6.42 Å². The number of morpholine rings is 1. The predicted octanol–water partition coefficient (Wildman–Crippen LogP) is -0.946. The fourth-order valence-electron chi connectivity index (χ4n) is 2.01. The molecule has 0 saturated carbocycles. The summed E-state index contributed by atoms with van der Waals surface area (Å²) in [4.78, 5) is 11.5. The van der Waals surface area contributed by atoms with Gasteiger partial charge >= 0.3 is 0 Å². The molecule has 0 aromatic rings. The molecule has 14 heavy (non-hydrogen) atoms. The van der Waals surface area contributed by atoms with Crippen LogP contribution in [0.15, 0.2) is 0 Å². The number of hydrazine groups is 1. The SMILES string of the molecule is CNC1CCN(N2CCOCC2=O)C1. The maximum absolute atomic E-state index is 11.5. The van der Waals surface area contributed by atoms with E-state index in [2.05, 4.69) is 10.3 Å². The zero-order valence-electron chi connectivity index (χ0n) is 8.53. The van der Waals surface area contributed by atoms with Gasteiger partial charge in [0.25, 0.3) is 5.91 Å². The van der Waals surface area contributed by atoms with Crippen LogP contribution in [0.4, 0.5) is 0 Å². The second kappa shape index (κ2) is 4.25. The van der Waals surface area contributed by atoms with Gasteiger partial charge in [0.05, 0.1) is 13.2 Å². The van der Waals surface area contributed by atoms with E-state index in [1.807, 2.05) is 12.1 Å². The van der Waals surface area contributed by atoms with Crippen molar-refractivity contribution in [3.05, 3.63) is 0 Å². The highest BCUT2D eigenvalue weighted by Crippen LogP contribution is 2.13. The Labute approximate surface area is 84.0 Å². The van der Waals surface area contributed by atoms with E-state index in [0.717, 1.165) is 19.5 Å². The first-order valence-electron chi connectivity index (χ1n) is 5.11. The van der Waals surface area contributed by atoms with Crippen molar-refractivity contribution in [2.45, 2.75) is 12.5 Å². The maximum atomic E-state index is 11.5. The average Bonchev–Trinajstić information content (AvgIpc) is 2.67. The minimum atomic E-state index is 0.0907. The van der Waals surface area contributed by atoms with Gasteiger partial charge in [-0.15, -0.1) is 0 Å². The Kier molecular flexibility index (Phi) is 3.00. The molecule has 2 rings (SSSR count). The number of hydrogen-bond acceptors (Lipinski definition) is 4. The zero-order valence-corrected chi connectivity index (χ0v) is 8.53. The molecule has 2 saturated heterocycles. The van der Waals surface area contributed by atoms with E-state index in [-0.39, 0.29) is 12.5 Å². The Balaban J connectivity index is 1.91. The third kappa shape index (κ3) is 1.89. The first kappa shape index (κ1) is 9.89. The highest BCUT2D eigenvalue weighted by Gasteiger charge is 2.30. The van der Waals surface area contributed by atoms with Gasteiger partial charge in [0.1, 0.15) is 6.61 Å². The number of nitrogens with one attached hydrogen (secondary N) is 1. The highest BCUT2D eigenvalue weighted by atomic mass is 16.5. The molecule has 5 nitrogen and oxygen atoms in total. The first-order valence-corrected chi connectivity index (χ1v) is 5.11. The van der Waals surface area contributed by atoms with Crippen LogP contribution in [0.3, 0.4) is 0 Å². The largest absolute Gasteiger partial charge is 0.370 e. The Hall–Kier alpha value is -0.650. The van der Waals surface area contributed by atoms with Crippen molar-refractivity contribution in [2.75, 3.05) is 39.9 Å². The second-order valence-corrected chi connectivity index (χ2v) is 3.76. The molecule has 2 fully saturated rings. The molecule has 0 aromatic heterocycles. The molecule has 1 N–H and O–H groups in total. The van der Waals surface area contributed by atoms with Crippen molar-refractivity contribution in [3.8, 4) is 0 Å². The van der Waals surface area contributed by atoms with Gasteiger partial charge in [-0.25, -0.2) is 5.01 Å². The molecule has 2 aliphatic rings. The summed E-state index contributed by atoms with van der Waals surface area (Å²) in [6, 6.07) is 0.519. The highest BCUT2D eigenvalue weighted by molar-refractivity contribution is 5.77. The third-order valence-corrected chi connectivity index (χ3v) is 2.88. The maximum Gasteiger partial charge on any atom is 0.262 e. The van der Waals surface area contributed by atoms with Crippen molar-refractivity contribution >= 4 is 5.91 Å². The number of hydrogen-bond donors (Lipinski definition) is 1. The Morgan fingerprint density at radius 1 is 1.50 bits per heavy atom. The van der Waals surface area contributed by atoms with Crippen LogP contribution in [0, 0.1) is 0 Å². The summed E-state index contributed by atoms with van der Waals surface area (Å²) < 4.78 is 5.09. The number of nitrogens with zero attached hydrogens (tertiary/aromatic N) is 2. The van der Waals surface area contributed by atoms with Crippen LogP contribution < -0.4 is 5.32 Å². The van der Waals surface area contributed by atoms with Crippen LogP contribution in [-0.4, -0.2) is 61.9 Å². The van der Waals surface area contributed by atoms with Crippen LogP contribution in [-0.2, 0) is 9.53 Å². The molecule has 0 aromatic carbocycles. The van der Waals surface area contributed by atoms with Gasteiger partial charge in [-0.05, 0) is 13.5 Å². The molecule has 80 valence electrons. The zero-order chi connectivity index (χ0) is 9.97. The molecule has 0 radical (unpaired) electrons. The van der Waals surface area contributed by atoms with Crippen molar-refractivity contribution < 1.29 is 9.53 Å². The number of rotatable bonds is 2. The molecule has 1 unspecified atom stereocenters. The Bertz CT molecular complexity index is 222. The lowest BCUT2D eigenvalue weighted by Crippen LogP contribution is -2.52. The van der Waals surface area contributed by atoms with Gasteiger partial charge in [-0.3, -0.25) is 9.80 Å². The van der Waals surface area contributed by atoms with Gasteiger partial charge in [-0.2, -0.15) is 0 Å². The molecule has 0 aliphatic carbocycles. The van der Waals surface area contributed by atoms with E-state index < -0.39 is 0 Å². The molecule has 2 aliphatic heterocycles. The van der Waals surface area contributed by atoms with Crippen molar-refractivity contribution in [3.63, 3.8) is 0 Å². The van der Waals surface area contributed by atoms with E-state index in [0.29, 0.717) is 19.2 Å². The number of carbonyl (C=O) groups excluding carboxylic acids is 1. The van der Waals surface area contributed by atoms with Gasteiger partial charge in [-0.1, -0.05) is 0 Å². The van der Waals surface area contributed by atoms with Crippen LogP contribution >= 0.6 is 0 Å². The van der Waals surface area contributed by atoms with Crippen molar-refractivity contribution in [1.82, 2.24) is 15.3 Å². The first-order chi connectivity index (χ1) is 6.81. The normalized spacial score (nSPS) is 29.9. The predicted molar refractivity (Wildman–Crippen MR) is 51.6 cm³/mol. The molecule has 0 bridgehead atoms. The lowest BCUT2D eigenvalue weighted by molar-refractivity contribution is -0.162. The van der Waals surface area contributed by atoms with E-state index in [1.165, 1.54) is 0 Å². The minimum absolute atomic E-state index is 0.0907. The van der Waals surface area contributed by atoms with Crippen LogP contribution in [0.5, 0.6) is 0 Å². The quantitative estimate of drug-likeness (QED) is 0.623. The van der Waals surface area contributed by atoms with Crippen molar-refractivity contribution in [1.29, 1.82) is 0 Å². The van der Waals surface area contributed by atoms with E-state index >= 15 is 0 Å². The molecule has 1 amide bonds. The summed E-state index contributed by atoms with van der Waals surface area (Å²) in [7, 11) is 1.97. The Morgan fingerprint density at radius 2 is 2.36 bits per heavy atom. The number of carbonyl (C=O) groups is 1. The number of ether oxygens (including phenoxy) is 1. The number of likely N-dealkylation sites (N-methyl/N-ethyl adjacent to an activating group) is 1. The van der Waals surface area contributed by atoms with Crippen LogP contribution in [0.25, 0.3) is 0 Å². The summed E-state index contributed by atoms with van der Waals surface area (Å²) in [6.07, 6.45) is 1.11. The average molecular weight is 199 g/mol. The molecule has 0 spiro atoms. The minimum Gasteiger partial charge on any atom is -0.370 e. The fraction of sp³-hybridized carbons (Fsp3) is 0.889. The monoisotopic (exact) mass is 199 g/mol. The van der Waals surface area contributed by atoms with Gasteiger partial charge < -0.3 is 10.1 Å². The lowest BCUT2D eigenvalue weighted by Gasteiger charge is -2.34.